The van der Waals surface area contributed by atoms with Gasteiger partial charge < -0.3 is 9.64 Å². The lowest BCUT2D eigenvalue weighted by Gasteiger charge is -2.30. The van der Waals surface area contributed by atoms with Gasteiger partial charge in [0.1, 0.15) is 5.82 Å². The SMILES string of the molecule is Cc1c(N2CCOCC2)ccc(Br)c1F. The van der Waals surface area contributed by atoms with E-state index in [4.69, 9.17) is 4.74 Å². The third-order valence-corrected chi connectivity index (χ3v) is 3.27. The Labute approximate surface area is 97.2 Å². The van der Waals surface area contributed by atoms with E-state index in [9.17, 15) is 4.39 Å². The zero-order valence-corrected chi connectivity index (χ0v) is 10.2. The molecule has 0 bridgehead atoms. The molecule has 0 N–H and O–H groups in total. The quantitative estimate of drug-likeness (QED) is 0.780. The minimum absolute atomic E-state index is 0.168. The molecule has 1 aliphatic rings. The van der Waals surface area contributed by atoms with Crippen LogP contribution in [0.15, 0.2) is 16.6 Å². The molecule has 1 heterocycles. The summed E-state index contributed by atoms with van der Waals surface area (Å²) >= 11 is 3.19. The summed E-state index contributed by atoms with van der Waals surface area (Å²) in [5.74, 6) is -0.168. The molecule has 0 atom stereocenters. The number of anilines is 1. The van der Waals surface area contributed by atoms with Gasteiger partial charge in [0.15, 0.2) is 0 Å². The molecule has 1 saturated heterocycles. The van der Waals surface area contributed by atoms with E-state index in [1.165, 1.54) is 0 Å². The summed E-state index contributed by atoms with van der Waals surface area (Å²) < 4.78 is 19.4. The topological polar surface area (TPSA) is 12.5 Å². The van der Waals surface area contributed by atoms with Crippen molar-refractivity contribution in [3.63, 3.8) is 0 Å². The molecule has 1 fully saturated rings. The second-order valence-corrected chi connectivity index (χ2v) is 4.46. The van der Waals surface area contributed by atoms with Crippen LogP contribution in [0, 0.1) is 12.7 Å². The molecule has 1 aromatic carbocycles. The standard InChI is InChI=1S/C11H13BrFNO/c1-8-10(3-2-9(12)11(8)13)14-4-6-15-7-5-14/h2-3H,4-7H2,1H3. The highest BCUT2D eigenvalue weighted by Gasteiger charge is 2.16. The fourth-order valence-electron chi connectivity index (χ4n) is 1.79. The van der Waals surface area contributed by atoms with Gasteiger partial charge >= 0.3 is 0 Å². The first-order valence-electron chi connectivity index (χ1n) is 4.97. The molecule has 2 nitrogen and oxygen atoms in total. The van der Waals surface area contributed by atoms with Crippen LogP contribution in [0.25, 0.3) is 0 Å². The number of ether oxygens (including phenoxy) is 1. The van der Waals surface area contributed by atoms with Crippen molar-refractivity contribution in [2.24, 2.45) is 0 Å². The van der Waals surface area contributed by atoms with Gasteiger partial charge in [-0.2, -0.15) is 0 Å². The minimum Gasteiger partial charge on any atom is -0.378 e. The highest BCUT2D eigenvalue weighted by molar-refractivity contribution is 9.10. The van der Waals surface area contributed by atoms with Gasteiger partial charge in [-0.15, -0.1) is 0 Å². The fraction of sp³-hybridized carbons (Fsp3) is 0.455. The van der Waals surface area contributed by atoms with Crippen LogP contribution in [0.5, 0.6) is 0 Å². The maximum atomic E-state index is 13.6. The maximum absolute atomic E-state index is 13.6. The van der Waals surface area contributed by atoms with Crippen LogP contribution in [0.4, 0.5) is 10.1 Å². The van der Waals surface area contributed by atoms with E-state index in [-0.39, 0.29) is 5.82 Å². The van der Waals surface area contributed by atoms with Crippen molar-refractivity contribution in [2.75, 3.05) is 31.2 Å². The number of morpholine rings is 1. The van der Waals surface area contributed by atoms with E-state index in [0.717, 1.165) is 32.0 Å². The summed E-state index contributed by atoms with van der Waals surface area (Å²) in [5, 5.41) is 0. The first-order chi connectivity index (χ1) is 7.20. The summed E-state index contributed by atoms with van der Waals surface area (Å²) in [6.07, 6.45) is 0. The second kappa shape index (κ2) is 4.49. The average Bonchev–Trinajstić information content (AvgIpc) is 2.27. The van der Waals surface area contributed by atoms with Gasteiger partial charge in [0.2, 0.25) is 0 Å². The molecule has 15 heavy (non-hydrogen) atoms. The third kappa shape index (κ3) is 2.16. The summed E-state index contributed by atoms with van der Waals surface area (Å²) in [5.41, 5.74) is 1.67. The number of nitrogens with zero attached hydrogens (tertiary/aromatic N) is 1. The average molecular weight is 274 g/mol. The number of rotatable bonds is 1. The zero-order chi connectivity index (χ0) is 10.8. The Bertz CT molecular complexity index is 364. The number of benzene rings is 1. The van der Waals surface area contributed by atoms with Gasteiger partial charge in [-0.05, 0) is 35.0 Å². The first-order valence-corrected chi connectivity index (χ1v) is 5.77. The Kier molecular flexibility index (Phi) is 3.26. The predicted octanol–water partition coefficient (Wildman–Crippen LogP) is 2.73. The lowest BCUT2D eigenvalue weighted by Crippen LogP contribution is -2.36. The first kappa shape index (κ1) is 10.9. The second-order valence-electron chi connectivity index (χ2n) is 3.60. The van der Waals surface area contributed by atoms with Crippen molar-refractivity contribution in [3.05, 3.63) is 28.0 Å². The van der Waals surface area contributed by atoms with Crippen LogP contribution in [0.1, 0.15) is 5.56 Å². The monoisotopic (exact) mass is 273 g/mol. The molecular weight excluding hydrogens is 261 g/mol. The molecule has 0 aliphatic carbocycles. The fourth-order valence-corrected chi connectivity index (χ4v) is 2.22. The summed E-state index contributed by atoms with van der Waals surface area (Å²) in [4.78, 5) is 2.16. The van der Waals surface area contributed by atoms with Crippen molar-refractivity contribution >= 4 is 21.6 Å². The van der Waals surface area contributed by atoms with Gasteiger partial charge in [-0.25, -0.2) is 4.39 Å². The number of hydrogen-bond donors (Lipinski definition) is 0. The molecule has 82 valence electrons. The molecule has 2 rings (SSSR count). The minimum atomic E-state index is -0.168. The van der Waals surface area contributed by atoms with Crippen molar-refractivity contribution in [3.8, 4) is 0 Å². The van der Waals surface area contributed by atoms with Gasteiger partial charge in [0.05, 0.1) is 17.7 Å². The summed E-state index contributed by atoms with van der Waals surface area (Å²) in [7, 11) is 0. The van der Waals surface area contributed by atoms with Crippen LogP contribution < -0.4 is 4.90 Å². The summed E-state index contributed by atoms with van der Waals surface area (Å²) in [6, 6.07) is 3.71. The van der Waals surface area contributed by atoms with Crippen LogP contribution in [0.2, 0.25) is 0 Å². The van der Waals surface area contributed by atoms with Crippen LogP contribution >= 0.6 is 15.9 Å². The van der Waals surface area contributed by atoms with Crippen LogP contribution in [0.3, 0.4) is 0 Å². The molecule has 0 aromatic heterocycles. The lowest BCUT2D eigenvalue weighted by atomic mass is 10.1. The molecule has 0 saturated carbocycles. The summed E-state index contributed by atoms with van der Waals surface area (Å²) in [6.45, 7) is 4.92. The number of hydrogen-bond acceptors (Lipinski definition) is 2. The normalized spacial score (nSPS) is 16.9. The van der Waals surface area contributed by atoms with Crippen molar-refractivity contribution in [1.82, 2.24) is 0 Å². The van der Waals surface area contributed by atoms with Gasteiger partial charge in [-0.3, -0.25) is 0 Å². The molecule has 1 aromatic rings. The van der Waals surface area contributed by atoms with Crippen molar-refractivity contribution in [1.29, 1.82) is 0 Å². The van der Waals surface area contributed by atoms with E-state index < -0.39 is 0 Å². The third-order valence-electron chi connectivity index (χ3n) is 2.66. The lowest BCUT2D eigenvalue weighted by molar-refractivity contribution is 0.122. The van der Waals surface area contributed by atoms with Crippen LogP contribution in [-0.2, 0) is 4.74 Å². The van der Waals surface area contributed by atoms with Gasteiger partial charge in [0.25, 0.3) is 0 Å². The Morgan fingerprint density at radius 1 is 1.33 bits per heavy atom. The maximum Gasteiger partial charge on any atom is 0.142 e. The predicted molar refractivity (Wildman–Crippen MR) is 61.9 cm³/mol. The molecule has 1 aliphatic heterocycles. The Morgan fingerprint density at radius 3 is 2.67 bits per heavy atom. The highest BCUT2D eigenvalue weighted by atomic mass is 79.9. The van der Waals surface area contributed by atoms with E-state index in [1.54, 1.807) is 6.07 Å². The molecule has 0 spiro atoms. The molecule has 0 unspecified atom stereocenters. The Hall–Kier alpha value is -0.610. The number of halogens is 2. The van der Waals surface area contributed by atoms with E-state index in [2.05, 4.69) is 20.8 Å². The largest absolute Gasteiger partial charge is 0.378 e. The van der Waals surface area contributed by atoms with Crippen molar-refractivity contribution < 1.29 is 9.13 Å². The van der Waals surface area contributed by atoms with Crippen molar-refractivity contribution in [2.45, 2.75) is 6.92 Å². The molecule has 0 radical (unpaired) electrons. The van der Waals surface area contributed by atoms with Gasteiger partial charge in [0, 0.05) is 24.3 Å². The highest BCUT2D eigenvalue weighted by Crippen LogP contribution is 2.28. The Balaban J connectivity index is 2.31. The Morgan fingerprint density at radius 2 is 2.00 bits per heavy atom. The van der Waals surface area contributed by atoms with Gasteiger partial charge in [-0.1, -0.05) is 0 Å². The molecule has 0 amide bonds. The molecular formula is C11H13BrFNO. The smallest absolute Gasteiger partial charge is 0.142 e. The zero-order valence-electron chi connectivity index (χ0n) is 8.59. The van der Waals surface area contributed by atoms with Crippen LogP contribution in [-0.4, -0.2) is 26.3 Å². The van der Waals surface area contributed by atoms with E-state index >= 15 is 0 Å². The van der Waals surface area contributed by atoms with E-state index in [1.807, 2.05) is 13.0 Å². The van der Waals surface area contributed by atoms with E-state index in [0.29, 0.717) is 10.0 Å². The molecule has 4 heteroatoms.